The summed E-state index contributed by atoms with van der Waals surface area (Å²) in [5.41, 5.74) is 1.04. The Kier molecular flexibility index (Phi) is 1.71. The maximum absolute atomic E-state index is 10.8. The van der Waals surface area contributed by atoms with Crippen LogP contribution in [-0.4, -0.2) is 15.6 Å². The average Bonchev–Trinajstić information content (AvgIpc) is 2.73. The highest BCUT2D eigenvalue weighted by atomic mass is 16.1. The standard InChI is InChI=1S/C9H12N2O/c1-7(12)4-8-5-10-11(6-8)9-2-3-9/h5-6,9H,2-4H2,1H3. The van der Waals surface area contributed by atoms with Crippen molar-refractivity contribution in [1.82, 2.24) is 9.78 Å². The van der Waals surface area contributed by atoms with E-state index in [-0.39, 0.29) is 5.78 Å². The number of nitrogens with zero attached hydrogens (tertiary/aromatic N) is 2. The number of rotatable bonds is 3. The minimum atomic E-state index is 0.199. The molecule has 0 atom stereocenters. The van der Waals surface area contributed by atoms with E-state index in [2.05, 4.69) is 5.10 Å². The molecule has 1 fully saturated rings. The van der Waals surface area contributed by atoms with Gasteiger partial charge in [-0.1, -0.05) is 0 Å². The minimum absolute atomic E-state index is 0.199. The van der Waals surface area contributed by atoms with Crippen LogP contribution in [0.3, 0.4) is 0 Å². The van der Waals surface area contributed by atoms with Crippen LogP contribution < -0.4 is 0 Å². The van der Waals surface area contributed by atoms with Crippen LogP contribution in [0.4, 0.5) is 0 Å². The van der Waals surface area contributed by atoms with Crippen molar-refractivity contribution in [3.63, 3.8) is 0 Å². The lowest BCUT2D eigenvalue weighted by Crippen LogP contribution is -1.95. The predicted octanol–water partition coefficient (Wildman–Crippen LogP) is 1.35. The number of carbonyl (C=O) groups is 1. The summed E-state index contributed by atoms with van der Waals surface area (Å²) in [6.07, 6.45) is 6.77. The first-order valence-electron chi connectivity index (χ1n) is 4.28. The van der Waals surface area contributed by atoms with Crippen molar-refractivity contribution >= 4 is 5.78 Å². The molecule has 0 saturated heterocycles. The molecule has 1 aromatic rings. The van der Waals surface area contributed by atoms with Crippen molar-refractivity contribution in [2.24, 2.45) is 0 Å². The van der Waals surface area contributed by atoms with Crippen LogP contribution in [0.2, 0.25) is 0 Å². The van der Waals surface area contributed by atoms with E-state index in [9.17, 15) is 4.79 Å². The first-order chi connectivity index (χ1) is 5.75. The monoisotopic (exact) mass is 164 g/mol. The zero-order valence-electron chi connectivity index (χ0n) is 7.16. The lowest BCUT2D eigenvalue weighted by Gasteiger charge is -1.93. The molecule has 64 valence electrons. The van der Waals surface area contributed by atoms with Crippen LogP contribution in [0.25, 0.3) is 0 Å². The number of carbonyl (C=O) groups excluding carboxylic acids is 1. The van der Waals surface area contributed by atoms with Crippen molar-refractivity contribution in [1.29, 1.82) is 0 Å². The molecule has 2 rings (SSSR count). The molecule has 0 radical (unpaired) electrons. The third kappa shape index (κ3) is 1.55. The maximum Gasteiger partial charge on any atom is 0.134 e. The number of hydrogen-bond acceptors (Lipinski definition) is 2. The Labute approximate surface area is 71.4 Å². The third-order valence-electron chi connectivity index (χ3n) is 2.03. The van der Waals surface area contributed by atoms with E-state index in [4.69, 9.17) is 0 Å². The van der Waals surface area contributed by atoms with Crippen LogP contribution in [-0.2, 0) is 11.2 Å². The van der Waals surface area contributed by atoms with Gasteiger partial charge in [-0.15, -0.1) is 0 Å². The van der Waals surface area contributed by atoms with Crippen molar-refractivity contribution in [2.45, 2.75) is 32.2 Å². The van der Waals surface area contributed by atoms with E-state index in [1.165, 1.54) is 12.8 Å². The Morgan fingerprint density at radius 2 is 2.50 bits per heavy atom. The summed E-state index contributed by atoms with van der Waals surface area (Å²) >= 11 is 0. The zero-order chi connectivity index (χ0) is 8.55. The van der Waals surface area contributed by atoms with Gasteiger partial charge in [0.15, 0.2) is 0 Å². The topological polar surface area (TPSA) is 34.9 Å². The van der Waals surface area contributed by atoms with E-state index >= 15 is 0 Å². The smallest absolute Gasteiger partial charge is 0.134 e. The Morgan fingerprint density at radius 1 is 1.75 bits per heavy atom. The molecule has 1 aliphatic carbocycles. The molecular formula is C9H12N2O. The van der Waals surface area contributed by atoms with E-state index < -0.39 is 0 Å². The summed E-state index contributed by atoms with van der Waals surface area (Å²) in [7, 11) is 0. The summed E-state index contributed by atoms with van der Waals surface area (Å²) in [6.45, 7) is 1.61. The predicted molar refractivity (Wildman–Crippen MR) is 44.9 cm³/mol. The summed E-state index contributed by atoms with van der Waals surface area (Å²) < 4.78 is 1.97. The lowest BCUT2D eigenvalue weighted by molar-refractivity contribution is -0.116. The number of aromatic nitrogens is 2. The maximum atomic E-state index is 10.8. The molecule has 1 saturated carbocycles. The van der Waals surface area contributed by atoms with E-state index in [0.29, 0.717) is 12.5 Å². The fraction of sp³-hybridized carbons (Fsp3) is 0.556. The number of Topliss-reactive ketones (excluding diaryl/α,β-unsaturated/α-hetero) is 1. The molecular weight excluding hydrogens is 152 g/mol. The van der Waals surface area contributed by atoms with Crippen molar-refractivity contribution < 1.29 is 4.79 Å². The van der Waals surface area contributed by atoms with E-state index in [0.717, 1.165) is 5.56 Å². The average molecular weight is 164 g/mol. The molecule has 0 amide bonds. The third-order valence-corrected chi connectivity index (χ3v) is 2.03. The van der Waals surface area contributed by atoms with Gasteiger partial charge in [0.2, 0.25) is 0 Å². The molecule has 1 aliphatic rings. The Morgan fingerprint density at radius 3 is 3.08 bits per heavy atom. The number of ketones is 1. The highest BCUT2D eigenvalue weighted by Crippen LogP contribution is 2.33. The molecule has 3 nitrogen and oxygen atoms in total. The molecule has 0 unspecified atom stereocenters. The van der Waals surface area contributed by atoms with Gasteiger partial charge in [-0.3, -0.25) is 9.48 Å². The normalized spacial score (nSPS) is 16.4. The number of hydrogen-bond donors (Lipinski definition) is 0. The molecule has 0 aliphatic heterocycles. The summed E-state index contributed by atoms with van der Waals surface area (Å²) in [5, 5.41) is 4.20. The van der Waals surface area contributed by atoms with E-state index in [1.54, 1.807) is 13.1 Å². The molecule has 1 heterocycles. The first-order valence-corrected chi connectivity index (χ1v) is 4.28. The second-order valence-corrected chi connectivity index (χ2v) is 3.44. The van der Waals surface area contributed by atoms with Crippen LogP contribution in [0.15, 0.2) is 12.4 Å². The second-order valence-electron chi connectivity index (χ2n) is 3.44. The van der Waals surface area contributed by atoms with Crippen LogP contribution in [0.1, 0.15) is 31.4 Å². The van der Waals surface area contributed by atoms with Crippen LogP contribution in [0.5, 0.6) is 0 Å². The molecule has 0 bridgehead atoms. The molecule has 3 heteroatoms. The van der Waals surface area contributed by atoms with Gasteiger partial charge in [-0.05, 0) is 25.3 Å². The zero-order valence-corrected chi connectivity index (χ0v) is 7.16. The molecule has 0 N–H and O–H groups in total. The lowest BCUT2D eigenvalue weighted by atomic mass is 10.2. The van der Waals surface area contributed by atoms with E-state index in [1.807, 2.05) is 10.9 Å². The van der Waals surface area contributed by atoms with Gasteiger partial charge in [0, 0.05) is 12.6 Å². The largest absolute Gasteiger partial charge is 0.300 e. The van der Waals surface area contributed by atoms with Gasteiger partial charge >= 0.3 is 0 Å². The van der Waals surface area contributed by atoms with Crippen molar-refractivity contribution in [2.75, 3.05) is 0 Å². The van der Waals surface area contributed by atoms with Crippen molar-refractivity contribution in [3.05, 3.63) is 18.0 Å². The minimum Gasteiger partial charge on any atom is -0.300 e. The fourth-order valence-corrected chi connectivity index (χ4v) is 1.29. The van der Waals surface area contributed by atoms with Gasteiger partial charge in [-0.25, -0.2) is 0 Å². The summed E-state index contributed by atoms with van der Waals surface area (Å²) in [4.78, 5) is 10.8. The van der Waals surface area contributed by atoms with Gasteiger partial charge in [0.05, 0.1) is 12.2 Å². The Balaban J connectivity index is 2.07. The highest BCUT2D eigenvalue weighted by Gasteiger charge is 2.24. The Bertz CT molecular complexity index is 299. The summed E-state index contributed by atoms with van der Waals surface area (Å²) in [5.74, 6) is 0.199. The highest BCUT2D eigenvalue weighted by molar-refractivity contribution is 5.77. The van der Waals surface area contributed by atoms with Crippen LogP contribution >= 0.6 is 0 Å². The van der Waals surface area contributed by atoms with Gasteiger partial charge in [0.25, 0.3) is 0 Å². The van der Waals surface area contributed by atoms with Gasteiger partial charge < -0.3 is 0 Å². The molecule has 12 heavy (non-hydrogen) atoms. The SMILES string of the molecule is CC(=O)Cc1cnn(C2CC2)c1. The molecule has 0 spiro atoms. The molecule has 1 aromatic heterocycles. The van der Waals surface area contributed by atoms with Gasteiger partial charge in [-0.2, -0.15) is 5.10 Å². The Hall–Kier alpha value is -1.12. The first kappa shape index (κ1) is 7.53. The molecule has 0 aromatic carbocycles. The van der Waals surface area contributed by atoms with Crippen LogP contribution in [0, 0.1) is 0 Å². The van der Waals surface area contributed by atoms with Crippen molar-refractivity contribution in [3.8, 4) is 0 Å². The van der Waals surface area contributed by atoms with Gasteiger partial charge in [0.1, 0.15) is 5.78 Å². The second kappa shape index (κ2) is 2.73. The fourth-order valence-electron chi connectivity index (χ4n) is 1.29. The quantitative estimate of drug-likeness (QED) is 0.675. The summed E-state index contributed by atoms with van der Waals surface area (Å²) in [6, 6.07) is 0.616.